The number of hydrogen-bond donors (Lipinski definition) is 4. The van der Waals surface area contributed by atoms with Crippen molar-refractivity contribution in [2.75, 3.05) is 11.9 Å². The molecule has 1 aromatic rings. The molecule has 23 heavy (non-hydrogen) atoms. The Hall–Kier alpha value is -2.08. The molecule has 5 N–H and O–H groups in total. The van der Waals surface area contributed by atoms with Crippen LogP contribution in [0.15, 0.2) is 24.3 Å². The largest absolute Gasteiger partial charge is 0.345 e. The van der Waals surface area contributed by atoms with Gasteiger partial charge in [0.25, 0.3) is 5.91 Å². The number of benzene rings is 1. The van der Waals surface area contributed by atoms with Crippen molar-refractivity contribution in [1.29, 1.82) is 0 Å². The highest BCUT2D eigenvalue weighted by Crippen LogP contribution is 2.16. The number of rotatable bonds is 7. The van der Waals surface area contributed by atoms with Crippen LogP contribution < -0.4 is 21.7 Å². The third-order valence-corrected chi connectivity index (χ3v) is 3.93. The fourth-order valence-corrected chi connectivity index (χ4v) is 2.25. The minimum atomic E-state index is -0.393. The van der Waals surface area contributed by atoms with Crippen LogP contribution in [-0.2, 0) is 0 Å². The van der Waals surface area contributed by atoms with Crippen molar-refractivity contribution in [2.24, 2.45) is 5.73 Å². The van der Waals surface area contributed by atoms with Crippen molar-refractivity contribution in [1.82, 2.24) is 10.6 Å². The van der Waals surface area contributed by atoms with Gasteiger partial charge in [0.1, 0.15) is 0 Å². The Balaban J connectivity index is 2.83. The Morgan fingerprint density at radius 2 is 1.87 bits per heavy atom. The average Bonchev–Trinajstić information content (AvgIpc) is 2.52. The standard InChI is InChI=1S/C17H28N4O2/c1-5-17(6-2,11-18)21-15(22)13-8-7-9-14(10-13)20-16(23)19-12(3)4/h7-10,12H,5-6,11,18H2,1-4H3,(H,21,22)(H2,19,20,23). The van der Waals surface area contributed by atoms with E-state index in [0.29, 0.717) is 17.8 Å². The molecule has 6 heteroatoms. The van der Waals surface area contributed by atoms with E-state index < -0.39 is 5.54 Å². The van der Waals surface area contributed by atoms with Gasteiger partial charge in [-0.3, -0.25) is 4.79 Å². The summed E-state index contributed by atoms with van der Waals surface area (Å²) in [6, 6.07) is 6.60. The second-order valence-electron chi connectivity index (χ2n) is 5.98. The molecule has 0 unspecified atom stereocenters. The smallest absolute Gasteiger partial charge is 0.319 e. The summed E-state index contributed by atoms with van der Waals surface area (Å²) >= 11 is 0. The molecule has 0 spiro atoms. The number of nitrogens with two attached hydrogens (primary N) is 1. The summed E-state index contributed by atoms with van der Waals surface area (Å²) < 4.78 is 0. The van der Waals surface area contributed by atoms with Gasteiger partial charge in [0, 0.05) is 23.8 Å². The van der Waals surface area contributed by atoms with Crippen LogP contribution >= 0.6 is 0 Å². The lowest BCUT2D eigenvalue weighted by molar-refractivity contribution is 0.0895. The van der Waals surface area contributed by atoms with Crippen LogP contribution in [0.2, 0.25) is 0 Å². The fourth-order valence-electron chi connectivity index (χ4n) is 2.25. The quantitative estimate of drug-likeness (QED) is 0.621. The highest BCUT2D eigenvalue weighted by atomic mass is 16.2. The maximum absolute atomic E-state index is 12.5. The van der Waals surface area contributed by atoms with E-state index >= 15 is 0 Å². The molecule has 6 nitrogen and oxygen atoms in total. The Morgan fingerprint density at radius 1 is 1.22 bits per heavy atom. The first-order valence-electron chi connectivity index (χ1n) is 8.06. The van der Waals surface area contributed by atoms with Gasteiger partial charge in [-0.05, 0) is 44.9 Å². The maximum Gasteiger partial charge on any atom is 0.319 e. The van der Waals surface area contributed by atoms with Crippen molar-refractivity contribution in [3.8, 4) is 0 Å². The van der Waals surface area contributed by atoms with Gasteiger partial charge >= 0.3 is 6.03 Å². The molecule has 1 rings (SSSR count). The molecule has 0 radical (unpaired) electrons. The number of hydrogen-bond acceptors (Lipinski definition) is 3. The van der Waals surface area contributed by atoms with Crippen molar-refractivity contribution in [2.45, 2.75) is 52.1 Å². The summed E-state index contributed by atoms with van der Waals surface area (Å²) in [7, 11) is 0. The maximum atomic E-state index is 12.5. The summed E-state index contributed by atoms with van der Waals surface area (Å²) in [5.41, 5.74) is 6.49. The van der Waals surface area contributed by atoms with Gasteiger partial charge < -0.3 is 21.7 Å². The monoisotopic (exact) mass is 320 g/mol. The molecule has 0 aliphatic carbocycles. The number of amides is 3. The van der Waals surface area contributed by atoms with Crippen molar-refractivity contribution in [3.05, 3.63) is 29.8 Å². The van der Waals surface area contributed by atoms with Gasteiger partial charge in [-0.1, -0.05) is 19.9 Å². The Morgan fingerprint density at radius 3 is 2.39 bits per heavy atom. The molecular formula is C17H28N4O2. The van der Waals surface area contributed by atoms with Crippen LogP contribution in [0.25, 0.3) is 0 Å². The molecule has 0 atom stereocenters. The topological polar surface area (TPSA) is 96.2 Å². The molecule has 0 fully saturated rings. The second-order valence-corrected chi connectivity index (χ2v) is 5.98. The molecule has 0 heterocycles. The van der Waals surface area contributed by atoms with E-state index in [-0.39, 0.29) is 18.0 Å². The van der Waals surface area contributed by atoms with Crippen molar-refractivity contribution < 1.29 is 9.59 Å². The van der Waals surface area contributed by atoms with Gasteiger partial charge in [-0.15, -0.1) is 0 Å². The molecular weight excluding hydrogens is 292 g/mol. The molecule has 0 saturated heterocycles. The summed E-state index contributed by atoms with van der Waals surface area (Å²) in [6.45, 7) is 8.16. The first-order chi connectivity index (χ1) is 10.9. The molecule has 0 bridgehead atoms. The first kappa shape index (κ1) is 19.0. The molecule has 0 aliphatic rings. The third-order valence-electron chi connectivity index (χ3n) is 3.93. The van der Waals surface area contributed by atoms with Gasteiger partial charge in [0.05, 0.1) is 5.54 Å². The lowest BCUT2D eigenvalue weighted by atomic mass is 9.92. The Labute approximate surface area is 138 Å². The molecule has 0 aliphatic heterocycles. The SMILES string of the molecule is CCC(CC)(CN)NC(=O)c1cccc(NC(=O)NC(C)C)c1. The lowest BCUT2D eigenvalue weighted by Crippen LogP contribution is -2.52. The van der Waals surface area contributed by atoms with E-state index in [2.05, 4.69) is 16.0 Å². The normalized spacial score (nSPS) is 11.2. The summed E-state index contributed by atoms with van der Waals surface area (Å²) in [5.74, 6) is -0.188. The van der Waals surface area contributed by atoms with Crippen LogP contribution in [0.5, 0.6) is 0 Å². The van der Waals surface area contributed by atoms with Crippen LogP contribution in [-0.4, -0.2) is 30.1 Å². The first-order valence-corrected chi connectivity index (χ1v) is 8.06. The van der Waals surface area contributed by atoms with E-state index in [1.165, 1.54) is 0 Å². The zero-order chi connectivity index (χ0) is 17.5. The van der Waals surface area contributed by atoms with Crippen molar-refractivity contribution in [3.63, 3.8) is 0 Å². The number of urea groups is 1. The zero-order valence-electron chi connectivity index (χ0n) is 14.4. The Bertz CT molecular complexity index is 531. The number of anilines is 1. The van der Waals surface area contributed by atoms with E-state index in [4.69, 9.17) is 5.73 Å². The molecule has 3 amide bonds. The highest BCUT2D eigenvalue weighted by molar-refractivity contribution is 5.97. The van der Waals surface area contributed by atoms with E-state index in [1.807, 2.05) is 27.7 Å². The predicted molar refractivity (Wildman–Crippen MR) is 93.6 cm³/mol. The fraction of sp³-hybridized carbons (Fsp3) is 0.529. The van der Waals surface area contributed by atoms with E-state index in [1.54, 1.807) is 24.3 Å². The van der Waals surface area contributed by atoms with Gasteiger partial charge in [0.2, 0.25) is 0 Å². The minimum absolute atomic E-state index is 0.0424. The molecule has 1 aromatic carbocycles. The number of carbonyl (C=O) groups is 2. The molecule has 0 aromatic heterocycles. The lowest BCUT2D eigenvalue weighted by Gasteiger charge is -2.31. The number of carbonyl (C=O) groups excluding carboxylic acids is 2. The van der Waals surface area contributed by atoms with Gasteiger partial charge in [-0.2, -0.15) is 0 Å². The predicted octanol–water partition coefficient (Wildman–Crippen LogP) is 2.46. The van der Waals surface area contributed by atoms with E-state index in [9.17, 15) is 9.59 Å². The van der Waals surface area contributed by atoms with Crippen molar-refractivity contribution >= 4 is 17.6 Å². The summed E-state index contributed by atoms with van der Waals surface area (Å²) in [6.07, 6.45) is 1.53. The number of nitrogens with one attached hydrogen (secondary N) is 3. The summed E-state index contributed by atoms with van der Waals surface area (Å²) in [4.78, 5) is 24.2. The Kier molecular flexibility index (Phi) is 7.03. The van der Waals surface area contributed by atoms with Crippen LogP contribution in [0, 0.1) is 0 Å². The second kappa shape index (κ2) is 8.53. The molecule has 0 saturated carbocycles. The van der Waals surface area contributed by atoms with Crippen LogP contribution in [0.3, 0.4) is 0 Å². The zero-order valence-corrected chi connectivity index (χ0v) is 14.4. The average molecular weight is 320 g/mol. The molecule has 128 valence electrons. The van der Waals surface area contributed by atoms with Gasteiger partial charge in [-0.25, -0.2) is 4.79 Å². The van der Waals surface area contributed by atoms with Gasteiger partial charge in [0.15, 0.2) is 0 Å². The minimum Gasteiger partial charge on any atom is -0.345 e. The third kappa shape index (κ3) is 5.56. The highest BCUT2D eigenvalue weighted by Gasteiger charge is 2.26. The summed E-state index contributed by atoms with van der Waals surface area (Å²) in [5, 5.41) is 8.47. The van der Waals surface area contributed by atoms with Crippen LogP contribution in [0.4, 0.5) is 10.5 Å². The van der Waals surface area contributed by atoms with Crippen LogP contribution in [0.1, 0.15) is 50.9 Å². The van der Waals surface area contributed by atoms with E-state index in [0.717, 1.165) is 12.8 Å².